The molecule has 0 aliphatic heterocycles. The van der Waals surface area contributed by atoms with Gasteiger partial charge >= 0.3 is 0 Å². The van der Waals surface area contributed by atoms with Gasteiger partial charge in [0.1, 0.15) is 0 Å². The predicted octanol–water partition coefficient (Wildman–Crippen LogP) is 3.11. The fourth-order valence-electron chi connectivity index (χ4n) is 2.01. The van der Waals surface area contributed by atoms with Gasteiger partial charge in [-0.15, -0.1) is 0 Å². The zero-order valence-electron chi connectivity index (χ0n) is 11.8. The fourth-order valence-corrected chi connectivity index (χ4v) is 4.01. The maximum absolute atomic E-state index is 12.6. The second-order valence-corrected chi connectivity index (χ2v) is 7.44. The van der Waals surface area contributed by atoms with Gasteiger partial charge in [0.25, 0.3) is 10.0 Å². The molecule has 21 heavy (non-hydrogen) atoms. The first-order valence-electron chi connectivity index (χ1n) is 6.16. The molecule has 1 aromatic heterocycles. The van der Waals surface area contributed by atoms with Crippen LogP contribution >= 0.6 is 23.2 Å². The van der Waals surface area contributed by atoms with Crippen LogP contribution in [0.2, 0.25) is 10.0 Å². The third kappa shape index (κ3) is 3.08. The van der Waals surface area contributed by atoms with E-state index in [-0.39, 0.29) is 5.03 Å². The van der Waals surface area contributed by atoms with E-state index < -0.39 is 16.1 Å². The Morgan fingerprint density at radius 2 is 1.95 bits per heavy atom. The van der Waals surface area contributed by atoms with Crippen molar-refractivity contribution in [2.24, 2.45) is 7.05 Å². The quantitative estimate of drug-likeness (QED) is 0.853. The van der Waals surface area contributed by atoms with Crippen LogP contribution in [0.15, 0.2) is 35.5 Å². The van der Waals surface area contributed by atoms with Crippen LogP contribution in [0.25, 0.3) is 0 Å². The molecule has 1 atom stereocenters. The number of aromatic nitrogens is 2. The molecule has 1 heterocycles. The van der Waals surface area contributed by atoms with Gasteiger partial charge in [0, 0.05) is 30.2 Å². The minimum Gasteiger partial charge on any atom is -0.256 e. The van der Waals surface area contributed by atoms with Crippen molar-refractivity contribution in [3.05, 3.63) is 46.1 Å². The van der Waals surface area contributed by atoms with Crippen molar-refractivity contribution in [3.8, 4) is 0 Å². The summed E-state index contributed by atoms with van der Waals surface area (Å²) in [5, 5.41) is 4.96. The van der Waals surface area contributed by atoms with Crippen LogP contribution in [0.3, 0.4) is 0 Å². The summed E-state index contributed by atoms with van der Waals surface area (Å²) in [6.07, 6.45) is 1.45. The summed E-state index contributed by atoms with van der Waals surface area (Å²) in [7, 11) is -0.563. The summed E-state index contributed by atoms with van der Waals surface area (Å²) in [4.78, 5) is 0. The monoisotopic (exact) mass is 347 g/mol. The molecule has 0 radical (unpaired) electrons. The van der Waals surface area contributed by atoms with Gasteiger partial charge in [-0.1, -0.05) is 29.3 Å². The van der Waals surface area contributed by atoms with Gasteiger partial charge < -0.3 is 0 Å². The Morgan fingerprint density at radius 1 is 1.29 bits per heavy atom. The normalized spacial score (nSPS) is 13.6. The lowest BCUT2D eigenvalue weighted by Crippen LogP contribution is -2.31. The highest BCUT2D eigenvalue weighted by Crippen LogP contribution is 2.31. The molecular weight excluding hydrogens is 333 g/mol. The van der Waals surface area contributed by atoms with Crippen LogP contribution < -0.4 is 0 Å². The topological polar surface area (TPSA) is 55.2 Å². The molecule has 0 saturated carbocycles. The van der Waals surface area contributed by atoms with Gasteiger partial charge in [-0.05, 0) is 30.7 Å². The number of benzene rings is 1. The summed E-state index contributed by atoms with van der Waals surface area (Å²) in [5.41, 5.74) is 0.689. The van der Waals surface area contributed by atoms with Crippen molar-refractivity contribution >= 4 is 33.2 Å². The molecule has 0 spiro atoms. The number of rotatable bonds is 4. The summed E-state index contributed by atoms with van der Waals surface area (Å²) >= 11 is 12.0. The molecule has 0 saturated heterocycles. The van der Waals surface area contributed by atoms with Crippen LogP contribution in [0.1, 0.15) is 18.5 Å². The second-order valence-electron chi connectivity index (χ2n) is 4.66. The fraction of sp³-hybridized carbons (Fsp3) is 0.308. The summed E-state index contributed by atoms with van der Waals surface area (Å²) in [5.74, 6) is 0. The van der Waals surface area contributed by atoms with Gasteiger partial charge in [-0.3, -0.25) is 4.68 Å². The molecule has 1 aromatic carbocycles. The number of sulfonamides is 1. The van der Waals surface area contributed by atoms with Crippen LogP contribution in [0.4, 0.5) is 0 Å². The van der Waals surface area contributed by atoms with E-state index in [9.17, 15) is 8.42 Å². The summed E-state index contributed by atoms with van der Waals surface area (Å²) < 4.78 is 27.8. The average molecular weight is 348 g/mol. The average Bonchev–Trinajstić information content (AvgIpc) is 2.84. The van der Waals surface area contributed by atoms with E-state index in [2.05, 4.69) is 5.10 Å². The molecular formula is C13H15Cl2N3O2S. The van der Waals surface area contributed by atoms with Crippen LogP contribution in [-0.2, 0) is 17.1 Å². The number of hydrogen-bond donors (Lipinski definition) is 0. The van der Waals surface area contributed by atoms with Gasteiger partial charge in [-0.2, -0.15) is 9.40 Å². The predicted molar refractivity (Wildman–Crippen MR) is 83.0 cm³/mol. The third-order valence-electron chi connectivity index (χ3n) is 3.38. The Hall–Kier alpha value is -1.08. The molecule has 114 valence electrons. The Balaban J connectivity index is 2.39. The molecule has 1 unspecified atom stereocenters. The summed E-state index contributed by atoms with van der Waals surface area (Å²) in [6, 6.07) is 6.03. The molecule has 5 nitrogen and oxygen atoms in total. The number of halogens is 2. The van der Waals surface area contributed by atoms with E-state index in [1.165, 1.54) is 28.3 Å². The molecule has 0 amide bonds. The molecule has 0 aliphatic carbocycles. The first-order chi connectivity index (χ1) is 9.75. The SMILES string of the molecule is CC(c1ccc(Cl)cc1Cl)N(C)S(=O)(=O)c1ccnn1C. The Bertz CT molecular complexity index is 759. The van der Waals surface area contributed by atoms with Crippen molar-refractivity contribution in [3.63, 3.8) is 0 Å². The van der Waals surface area contributed by atoms with E-state index >= 15 is 0 Å². The van der Waals surface area contributed by atoms with E-state index in [0.717, 1.165) is 0 Å². The Labute approximate surface area is 134 Å². The molecule has 0 bridgehead atoms. The zero-order valence-corrected chi connectivity index (χ0v) is 14.1. The first kappa shape index (κ1) is 16.3. The van der Waals surface area contributed by atoms with Gasteiger partial charge in [0.05, 0.1) is 6.20 Å². The lowest BCUT2D eigenvalue weighted by Gasteiger charge is -2.25. The molecule has 8 heteroatoms. The van der Waals surface area contributed by atoms with E-state index in [4.69, 9.17) is 23.2 Å². The third-order valence-corrected chi connectivity index (χ3v) is 5.94. The highest BCUT2D eigenvalue weighted by Gasteiger charge is 2.29. The largest absolute Gasteiger partial charge is 0.260 e. The minimum absolute atomic E-state index is 0.127. The lowest BCUT2D eigenvalue weighted by atomic mass is 10.1. The highest BCUT2D eigenvalue weighted by atomic mass is 35.5. The minimum atomic E-state index is -3.66. The van der Waals surface area contributed by atoms with Crippen LogP contribution in [0, 0.1) is 0 Å². The van der Waals surface area contributed by atoms with Crippen LogP contribution in [-0.4, -0.2) is 29.6 Å². The Morgan fingerprint density at radius 3 is 2.48 bits per heavy atom. The molecule has 2 rings (SSSR count). The zero-order chi connectivity index (χ0) is 15.8. The lowest BCUT2D eigenvalue weighted by molar-refractivity contribution is 0.393. The molecule has 2 aromatic rings. The first-order valence-corrected chi connectivity index (χ1v) is 8.35. The molecule has 0 N–H and O–H groups in total. The van der Waals surface area contributed by atoms with Gasteiger partial charge in [0.2, 0.25) is 0 Å². The second kappa shape index (κ2) is 5.96. The van der Waals surface area contributed by atoms with E-state index in [1.807, 2.05) is 0 Å². The van der Waals surface area contributed by atoms with Crippen molar-refractivity contribution in [2.45, 2.75) is 18.0 Å². The molecule has 0 fully saturated rings. The smallest absolute Gasteiger partial charge is 0.256 e. The summed E-state index contributed by atoms with van der Waals surface area (Å²) in [6.45, 7) is 1.77. The Kier molecular flexibility index (Phi) is 4.63. The van der Waals surface area contributed by atoms with Crippen molar-refractivity contribution in [1.82, 2.24) is 14.1 Å². The van der Waals surface area contributed by atoms with E-state index in [1.54, 1.807) is 32.2 Å². The maximum Gasteiger partial charge on any atom is 0.260 e. The van der Waals surface area contributed by atoms with E-state index in [0.29, 0.717) is 15.6 Å². The number of nitrogens with zero attached hydrogens (tertiary/aromatic N) is 3. The number of hydrogen-bond acceptors (Lipinski definition) is 3. The van der Waals surface area contributed by atoms with Gasteiger partial charge in [0.15, 0.2) is 5.03 Å². The molecule has 0 aliphatic rings. The van der Waals surface area contributed by atoms with Gasteiger partial charge in [-0.25, -0.2) is 8.42 Å². The van der Waals surface area contributed by atoms with Crippen molar-refractivity contribution in [2.75, 3.05) is 7.05 Å². The van der Waals surface area contributed by atoms with Crippen LogP contribution in [0.5, 0.6) is 0 Å². The highest BCUT2D eigenvalue weighted by molar-refractivity contribution is 7.89. The number of aryl methyl sites for hydroxylation is 1. The maximum atomic E-state index is 12.6. The van der Waals surface area contributed by atoms with Crippen molar-refractivity contribution in [1.29, 1.82) is 0 Å². The van der Waals surface area contributed by atoms with Crippen molar-refractivity contribution < 1.29 is 8.42 Å². The standard InChI is InChI=1S/C13H15Cl2N3O2S/c1-9(11-5-4-10(14)8-12(11)15)18(3)21(19,20)13-6-7-16-17(13)2/h4-9H,1-3H3.